The highest BCUT2D eigenvalue weighted by Gasteiger charge is 2.06. The topological polar surface area (TPSA) is 38.0 Å². The summed E-state index contributed by atoms with van der Waals surface area (Å²) in [6.45, 7) is 0.204. The summed E-state index contributed by atoms with van der Waals surface area (Å²) in [5, 5.41) is 2.84. The summed E-state index contributed by atoms with van der Waals surface area (Å²) >= 11 is 4.76. The minimum Gasteiger partial charge on any atom is -0.389 e. The first-order valence-corrected chi connectivity index (χ1v) is 6.05. The van der Waals surface area contributed by atoms with E-state index in [1.54, 1.807) is 24.3 Å². The van der Waals surface area contributed by atoms with E-state index in [-0.39, 0.29) is 23.0 Å². The normalized spacial score (nSPS) is 10.2. The maximum atomic E-state index is 13.7. The Morgan fingerprint density at radius 2 is 1.84 bits per heavy atom. The van der Waals surface area contributed by atoms with E-state index in [0.29, 0.717) is 11.1 Å². The van der Waals surface area contributed by atoms with E-state index in [1.165, 1.54) is 18.2 Å². The Hall–Kier alpha value is -2.01. The molecule has 2 rings (SSSR count). The van der Waals surface area contributed by atoms with Gasteiger partial charge in [0.05, 0.1) is 5.69 Å². The van der Waals surface area contributed by atoms with Gasteiger partial charge in [0, 0.05) is 17.7 Å². The Balaban J connectivity index is 2.12. The first-order chi connectivity index (χ1) is 9.08. The zero-order valence-corrected chi connectivity index (χ0v) is 10.8. The van der Waals surface area contributed by atoms with Crippen LogP contribution in [-0.4, -0.2) is 4.99 Å². The van der Waals surface area contributed by atoms with E-state index < -0.39 is 5.82 Å². The molecule has 2 aromatic carbocycles. The molecule has 0 aliphatic rings. The molecule has 0 radical (unpaired) electrons. The molecule has 0 aromatic heterocycles. The van der Waals surface area contributed by atoms with Crippen LogP contribution in [0.15, 0.2) is 42.5 Å². The second-order valence-corrected chi connectivity index (χ2v) is 4.44. The van der Waals surface area contributed by atoms with E-state index >= 15 is 0 Å². The average molecular weight is 278 g/mol. The molecule has 2 nitrogen and oxygen atoms in total. The first-order valence-electron chi connectivity index (χ1n) is 5.64. The first kappa shape index (κ1) is 13.4. The van der Waals surface area contributed by atoms with Gasteiger partial charge in [0.1, 0.15) is 16.6 Å². The molecule has 0 spiro atoms. The van der Waals surface area contributed by atoms with Crippen LogP contribution >= 0.6 is 12.2 Å². The van der Waals surface area contributed by atoms with E-state index in [4.69, 9.17) is 18.0 Å². The van der Waals surface area contributed by atoms with E-state index in [2.05, 4.69) is 5.32 Å². The van der Waals surface area contributed by atoms with Gasteiger partial charge in [0.15, 0.2) is 0 Å². The smallest absolute Gasteiger partial charge is 0.146 e. The van der Waals surface area contributed by atoms with E-state index in [1.807, 2.05) is 0 Å². The molecule has 0 atom stereocenters. The number of halogens is 2. The third-order valence-electron chi connectivity index (χ3n) is 2.68. The van der Waals surface area contributed by atoms with Crippen LogP contribution in [-0.2, 0) is 6.54 Å². The van der Waals surface area contributed by atoms with Crippen LogP contribution in [0.4, 0.5) is 14.5 Å². The predicted octanol–water partition coefficient (Wildman–Crippen LogP) is 3.21. The van der Waals surface area contributed by atoms with Gasteiger partial charge in [-0.1, -0.05) is 30.4 Å². The summed E-state index contributed by atoms with van der Waals surface area (Å²) in [5.41, 5.74) is 6.63. The van der Waals surface area contributed by atoms with Crippen LogP contribution < -0.4 is 11.1 Å². The number of hydrogen-bond donors (Lipinski definition) is 2. The number of anilines is 1. The number of hydrogen-bond acceptors (Lipinski definition) is 2. The highest BCUT2D eigenvalue weighted by molar-refractivity contribution is 7.80. The van der Waals surface area contributed by atoms with Crippen molar-refractivity contribution in [3.05, 3.63) is 65.2 Å². The molecule has 0 aliphatic heterocycles. The van der Waals surface area contributed by atoms with Gasteiger partial charge in [-0.15, -0.1) is 0 Å². The van der Waals surface area contributed by atoms with Crippen molar-refractivity contribution in [3.8, 4) is 0 Å². The number of rotatable bonds is 4. The van der Waals surface area contributed by atoms with Crippen molar-refractivity contribution < 1.29 is 8.78 Å². The Kier molecular flexibility index (Phi) is 4.06. The monoisotopic (exact) mass is 278 g/mol. The van der Waals surface area contributed by atoms with Crippen molar-refractivity contribution in [2.24, 2.45) is 5.73 Å². The van der Waals surface area contributed by atoms with Crippen molar-refractivity contribution in [2.45, 2.75) is 6.54 Å². The third-order valence-corrected chi connectivity index (χ3v) is 2.92. The molecule has 0 heterocycles. The largest absolute Gasteiger partial charge is 0.389 e. The Morgan fingerprint density at radius 3 is 2.47 bits per heavy atom. The van der Waals surface area contributed by atoms with Crippen molar-refractivity contribution in [2.75, 3.05) is 5.32 Å². The van der Waals surface area contributed by atoms with Gasteiger partial charge < -0.3 is 11.1 Å². The Bertz CT molecular complexity index is 614. The number of nitrogens with one attached hydrogen (secondary N) is 1. The molecular weight excluding hydrogens is 266 g/mol. The SMILES string of the molecule is NC(=S)c1ccc(NCc2ccccc2F)c(F)c1. The summed E-state index contributed by atoms with van der Waals surface area (Å²) in [5.74, 6) is -0.795. The fourth-order valence-corrected chi connectivity index (χ4v) is 1.77. The van der Waals surface area contributed by atoms with Crippen LogP contribution in [0.2, 0.25) is 0 Å². The highest BCUT2D eigenvalue weighted by atomic mass is 32.1. The van der Waals surface area contributed by atoms with Crippen LogP contribution in [0.1, 0.15) is 11.1 Å². The molecule has 0 aliphatic carbocycles. The van der Waals surface area contributed by atoms with Crippen molar-refractivity contribution >= 4 is 22.9 Å². The maximum Gasteiger partial charge on any atom is 0.146 e. The van der Waals surface area contributed by atoms with Crippen LogP contribution in [0, 0.1) is 11.6 Å². The lowest BCUT2D eigenvalue weighted by Gasteiger charge is -2.09. The minimum absolute atomic E-state index is 0.138. The van der Waals surface area contributed by atoms with Crippen LogP contribution in [0.3, 0.4) is 0 Å². The second kappa shape index (κ2) is 5.75. The maximum absolute atomic E-state index is 13.7. The lowest BCUT2D eigenvalue weighted by molar-refractivity contribution is 0.610. The predicted molar refractivity (Wildman–Crippen MR) is 76.0 cm³/mol. The lowest BCUT2D eigenvalue weighted by atomic mass is 10.1. The molecular formula is C14H12F2N2S. The van der Waals surface area contributed by atoms with E-state index in [9.17, 15) is 8.78 Å². The molecule has 0 saturated heterocycles. The highest BCUT2D eigenvalue weighted by Crippen LogP contribution is 2.17. The van der Waals surface area contributed by atoms with Gasteiger partial charge in [0.2, 0.25) is 0 Å². The third kappa shape index (κ3) is 3.26. The molecule has 0 amide bonds. The summed E-state index contributed by atoms with van der Waals surface area (Å²) in [6.07, 6.45) is 0. The molecule has 0 bridgehead atoms. The zero-order valence-electron chi connectivity index (χ0n) is 9.99. The van der Waals surface area contributed by atoms with Gasteiger partial charge in [-0.3, -0.25) is 0 Å². The van der Waals surface area contributed by atoms with Crippen molar-refractivity contribution in [3.63, 3.8) is 0 Å². The molecule has 0 unspecified atom stereocenters. The zero-order chi connectivity index (χ0) is 13.8. The Morgan fingerprint density at radius 1 is 1.11 bits per heavy atom. The fraction of sp³-hybridized carbons (Fsp3) is 0.0714. The number of nitrogens with two attached hydrogens (primary N) is 1. The summed E-state index contributed by atoms with van der Waals surface area (Å²) in [4.78, 5) is 0.138. The molecule has 3 N–H and O–H groups in total. The van der Waals surface area contributed by atoms with Gasteiger partial charge in [-0.05, 0) is 24.3 Å². The van der Waals surface area contributed by atoms with Crippen LogP contribution in [0.5, 0.6) is 0 Å². The van der Waals surface area contributed by atoms with E-state index in [0.717, 1.165) is 0 Å². The average Bonchev–Trinajstić information content (AvgIpc) is 2.39. The quantitative estimate of drug-likeness (QED) is 0.843. The van der Waals surface area contributed by atoms with Crippen LogP contribution in [0.25, 0.3) is 0 Å². The fourth-order valence-electron chi connectivity index (χ4n) is 1.64. The molecule has 2 aromatic rings. The molecule has 0 saturated carbocycles. The molecule has 98 valence electrons. The van der Waals surface area contributed by atoms with Gasteiger partial charge in [0.25, 0.3) is 0 Å². The molecule has 19 heavy (non-hydrogen) atoms. The van der Waals surface area contributed by atoms with Gasteiger partial charge >= 0.3 is 0 Å². The van der Waals surface area contributed by atoms with Crippen molar-refractivity contribution in [1.82, 2.24) is 0 Å². The minimum atomic E-state index is -0.471. The Labute approximate surface area is 115 Å². The summed E-state index contributed by atoms with van der Waals surface area (Å²) < 4.78 is 27.1. The number of benzene rings is 2. The second-order valence-electron chi connectivity index (χ2n) is 4.00. The lowest BCUT2D eigenvalue weighted by Crippen LogP contribution is -2.10. The summed E-state index contributed by atoms with van der Waals surface area (Å²) in [7, 11) is 0. The van der Waals surface area contributed by atoms with Crippen molar-refractivity contribution in [1.29, 1.82) is 0 Å². The summed E-state index contributed by atoms with van der Waals surface area (Å²) in [6, 6.07) is 10.8. The number of thiocarbonyl (C=S) groups is 1. The standard InChI is InChI=1S/C14H12F2N2S/c15-11-4-2-1-3-10(11)8-18-13-6-5-9(14(17)19)7-12(13)16/h1-7,18H,8H2,(H2,17,19). The molecule has 0 fully saturated rings. The van der Waals surface area contributed by atoms with Gasteiger partial charge in [-0.2, -0.15) is 0 Å². The van der Waals surface area contributed by atoms with Gasteiger partial charge in [-0.25, -0.2) is 8.78 Å². The molecule has 5 heteroatoms.